The molecule has 2 aromatic rings. The zero-order valence-electron chi connectivity index (χ0n) is 11.0. The molecule has 0 aliphatic carbocycles. The summed E-state index contributed by atoms with van der Waals surface area (Å²) in [6.45, 7) is 3.11. The number of aromatic hydroxyl groups is 1. The minimum Gasteiger partial charge on any atom is -0.508 e. The number of pyridine rings is 1. The van der Waals surface area contributed by atoms with E-state index in [9.17, 15) is 5.11 Å². The number of phenolic OH excluding ortho intramolecular Hbond substituents is 1. The molecule has 1 saturated heterocycles. The number of hydrogen-bond donors (Lipinski definition) is 1. The SMILES string of the molecule is Oc1cccc(Oc2ccnc(N3CCOCC3)c2)c1. The molecule has 1 N–H and O–H groups in total. The van der Waals surface area contributed by atoms with E-state index in [0.717, 1.165) is 32.1 Å². The summed E-state index contributed by atoms with van der Waals surface area (Å²) in [5, 5.41) is 9.44. The molecule has 0 saturated carbocycles. The highest BCUT2D eigenvalue weighted by atomic mass is 16.5. The van der Waals surface area contributed by atoms with Gasteiger partial charge in [-0.3, -0.25) is 0 Å². The minimum absolute atomic E-state index is 0.185. The van der Waals surface area contributed by atoms with Gasteiger partial charge >= 0.3 is 0 Å². The Morgan fingerprint density at radius 2 is 1.90 bits per heavy atom. The largest absolute Gasteiger partial charge is 0.508 e. The molecule has 1 aromatic carbocycles. The van der Waals surface area contributed by atoms with Crippen molar-refractivity contribution >= 4 is 5.82 Å². The van der Waals surface area contributed by atoms with Crippen LogP contribution >= 0.6 is 0 Å². The number of rotatable bonds is 3. The van der Waals surface area contributed by atoms with Gasteiger partial charge in [0.1, 0.15) is 23.1 Å². The summed E-state index contributed by atoms with van der Waals surface area (Å²) < 4.78 is 11.1. The lowest BCUT2D eigenvalue weighted by Crippen LogP contribution is -2.36. The molecule has 104 valence electrons. The summed E-state index contributed by atoms with van der Waals surface area (Å²) in [4.78, 5) is 6.53. The quantitative estimate of drug-likeness (QED) is 0.930. The Labute approximate surface area is 117 Å². The highest BCUT2D eigenvalue weighted by molar-refractivity contribution is 5.45. The first-order chi connectivity index (χ1) is 9.81. The van der Waals surface area contributed by atoms with Crippen molar-refractivity contribution < 1.29 is 14.6 Å². The molecule has 1 aliphatic heterocycles. The third-order valence-electron chi connectivity index (χ3n) is 3.11. The lowest BCUT2D eigenvalue weighted by atomic mass is 10.3. The van der Waals surface area contributed by atoms with Crippen molar-refractivity contribution in [1.82, 2.24) is 4.98 Å². The van der Waals surface area contributed by atoms with Gasteiger partial charge in [-0.25, -0.2) is 4.98 Å². The van der Waals surface area contributed by atoms with E-state index in [1.54, 1.807) is 36.5 Å². The number of phenols is 1. The Morgan fingerprint density at radius 3 is 2.70 bits per heavy atom. The van der Waals surface area contributed by atoms with Gasteiger partial charge < -0.3 is 19.5 Å². The van der Waals surface area contributed by atoms with E-state index in [1.807, 2.05) is 6.07 Å². The third kappa shape index (κ3) is 3.00. The molecule has 0 atom stereocenters. The maximum atomic E-state index is 9.44. The Bertz CT molecular complexity index is 583. The topological polar surface area (TPSA) is 54.8 Å². The number of morpholine rings is 1. The first kappa shape index (κ1) is 12.7. The molecule has 1 aliphatic rings. The second-order valence-corrected chi connectivity index (χ2v) is 4.55. The van der Waals surface area contributed by atoms with Crippen molar-refractivity contribution in [2.24, 2.45) is 0 Å². The molecule has 5 heteroatoms. The van der Waals surface area contributed by atoms with Crippen molar-refractivity contribution in [2.75, 3.05) is 31.2 Å². The monoisotopic (exact) mass is 272 g/mol. The summed E-state index contributed by atoms with van der Waals surface area (Å²) >= 11 is 0. The average Bonchev–Trinajstić information content (AvgIpc) is 2.48. The molecule has 0 radical (unpaired) electrons. The molecular weight excluding hydrogens is 256 g/mol. The van der Waals surface area contributed by atoms with E-state index in [0.29, 0.717) is 11.5 Å². The predicted octanol–water partition coefficient (Wildman–Crippen LogP) is 2.42. The summed E-state index contributed by atoms with van der Waals surface area (Å²) in [6.07, 6.45) is 1.73. The highest BCUT2D eigenvalue weighted by Crippen LogP contribution is 2.26. The number of hydrogen-bond acceptors (Lipinski definition) is 5. The molecule has 3 rings (SSSR count). The van der Waals surface area contributed by atoms with Crippen molar-refractivity contribution in [2.45, 2.75) is 0 Å². The zero-order chi connectivity index (χ0) is 13.8. The molecule has 2 heterocycles. The first-order valence-corrected chi connectivity index (χ1v) is 6.57. The Kier molecular flexibility index (Phi) is 3.69. The molecular formula is C15H16N2O3. The van der Waals surface area contributed by atoms with Gasteiger partial charge in [0, 0.05) is 31.4 Å². The second kappa shape index (κ2) is 5.79. The van der Waals surface area contributed by atoms with Crippen LogP contribution in [0.2, 0.25) is 0 Å². The van der Waals surface area contributed by atoms with Crippen LogP contribution in [0.1, 0.15) is 0 Å². The van der Waals surface area contributed by atoms with Crippen LogP contribution in [0.3, 0.4) is 0 Å². The number of nitrogens with zero attached hydrogens (tertiary/aromatic N) is 2. The lowest BCUT2D eigenvalue weighted by Gasteiger charge is -2.27. The molecule has 5 nitrogen and oxygen atoms in total. The molecule has 20 heavy (non-hydrogen) atoms. The Morgan fingerprint density at radius 1 is 1.10 bits per heavy atom. The van der Waals surface area contributed by atoms with Crippen LogP contribution < -0.4 is 9.64 Å². The summed E-state index contributed by atoms with van der Waals surface area (Å²) in [5.74, 6) is 2.37. The zero-order valence-corrected chi connectivity index (χ0v) is 11.0. The van der Waals surface area contributed by atoms with E-state index in [1.165, 1.54) is 0 Å². The van der Waals surface area contributed by atoms with E-state index in [-0.39, 0.29) is 5.75 Å². The maximum Gasteiger partial charge on any atom is 0.132 e. The molecule has 0 amide bonds. The summed E-state index contributed by atoms with van der Waals surface area (Å²) in [6, 6.07) is 10.4. The van der Waals surface area contributed by atoms with Crippen molar-refractivity contribution in [3.63, 3.8) is 0 Å². The van der Waals surface area contributed by atoms with Crippen LogP contribution in [-0.4, -0.2) is 36.4 Å². The smallest absolute Gasteiger partial charge is 0.132 e. The fourth-order valence-corrected chi connectivity index (χ4v) is 2.11. The summed E-state index contributed by atoms with van der Waals surface area (Å²) in [7, 11) is 0. The van der Waals surface area contributed by atoms with Gasteiger partial charge in [0.25, 0.3) is 0 Å². The van der Waals surface area contributed by atoms with Crippen LogP contribution in [0.15, 0.2) is 42.6 Å². The summed E-state index contributed by atoms with van der Waals surface area (Å²) in [5.41, 5.74) is 0. The van der Waals surface area contributed by atoms with Gasteiger partial charge in [0.05, 0.1) is 13.2 Å². The Hall–Kier alpha value is -2.27. The van der Waals surface area contributed by atoms with Gasteiger partial charge in [0.2, 0.25) is 0 Å². The van der Waals surface area contributed by atoms with E-state index in [4.69, 9.17) is 9.47 Å². The average molecular weight is 272 g/mol. The third-order valence-corrected chi connectivity index (χ3v) is 3.11. The standard InChI is InChI=1S/C15H16N2O3/c18-12-2-1-3-13(10-12)20-14-4-5-16-15(11-14)17-6-8-19-9-7-17/h1-5,10-11,18H,6-9H2. The van der Waals surface area contributed by atoms with E-state index in [2.05, 4.69) is 9.88 Å². The van der Waals surface area contributed by atoms with Gasteiger partial charge in [-0.2, -0.15) is 0 Å². The van der Waals surface area contributed by atoms with Gasteiger partial charge in [-0.05, 0) is 18.2 Å². The van der Waals surface area contributed by atoms with Crippen LogP contribution in [0.5, 0.6) is 17.2 Å². The second-order valence-electron chi connectivity index (χ2n) is 4.55. The minimum atomic E-state index is 0.185. The van der Waals surface area contributed by atoms with E-state index < -0.39 is 0 Å². The van der Waals surface area contributed by atoms with Crippen LogP contribution in [0.25, 0.3) is 0 Å². The number of benzene rings is 1. The normalized spacial score (nSPS) is 15.1. The Balaban J connectivity index is 1.77. The van der Waals surface area contributed by atoms with Crippen molar-refractivity contribution in [3.8, 4) is 17.2 Å². The molecule has 1 aromatic heterocycles. The van der Waals surface area contributed by atoms with E-state index >= 15 is 0 Å². The van der Waals surface area contributed by atoms with Gasteiger partial charge in [0.15, 0.2) is 0 Å². The first-order valence-electron chi connectivity index (χ1n) is 6.57. The molecule has 0 unspecified atom stereocenters. The fraction of sp³-hybridized carbons (Fsp3) is 0.267. The number of anilines is 1. The number of aromatic nitrogens is 1. The van der Waals surface area contributed by atoms with Crippen molar-refractivity contribution in [3.05, 3.63) is 42.6 Å². The van der Waals surface area contributed by atoms with Crippen LogP contribution in [0, 0.1) is 0 Å². The van der Waals surface area contributed by atoms with Crippen molar-refractivity contribution in [1.29, 1.82) is 0 Å². The predicted molar refractivity (Wildman–Crippen MR) is 75.4 cm³/mol. The highest BCUT2D eigenvalue weighted by Gasteiger charge is 2.13. The molecule has 0 bridgehead atoms. The fourth-order valence-electron chi connectivity index (χ4n) is 2.11. The van der Waals surface area contributed by atoms with Crippen LogP contribution in [0.4, 0.5) is 5.82 Å². The van der Waals surface area contributed by atoms with Gasteiger partial charge in [-0.1, -0.05) is 6.07 Å². The molecule has 1 fully saturated rings. The van der Waals surface area contributed by atoms with Crippen LogP contribution in [-0.2, 0) is 4.74 Å². The molecule has 0 spiro atoms. The lowest BCUT2D eigenvalue weighted by molar-refractivity contribution is 0.122. The maximum absolute atomic E-state index is 9.44. The number of ether oxygens (including phenoxy) is 2. The van der Waals surface area contributed by atoms with Gasteiger partial charge in [-0.15, -0.1) is 0 Å².